The summed E-state index contributed by atoms with van der Waals surface area (Å²) in [5.41, 5.74) is 0.887. The third-order valence-corrected chi connectivity index (χ3v) is 5.42. The summed E-state index contributed by atoms with van der Waals surface area (Å²) in [5.74, 6) is 1.14. The molecule has 2 aliphatic rings. The van der Waals surface area contributed by atoms with Gasteiger partial charge in [-0.3, -0.25) is 19.3 Å². The van der Waals surface area contributed by atoms with E-state index in [4.69, 9.17) is 4.42 Å². The Labute approximate surface area is 168 Å². The van der Waals surface area contributed by atoms with Crippen LogP contribution in [-0.2, 0) is 16.1 Å². The van der Waals surface area contributed by atoms with Gasteiger partial charge < -0.3 is 14.2 Å². The van der Waals surface area contributed by atoms with E-state index in [0.717, 1.165) is 11.5 Å². The molecule has 154 valence electrons. The topological polar surface area (TPSA) is 91.9 Å². The molecule has 29 heavy (non-hydrogen) atoms. The van der Waals surface area contributed by atoms with Crippen LogP contribution in [0.2, 0.25) is 0 Å². The maximum atomic E-state index is 12.6. The van der Waals surface area contributed by atoms with Crippen molar-refractivity contribution in [3.63, 3.8) is 0 Å². The predicted octanol–water partition coefficient (Wildman–Crippen LogP) is 1.29. The second kappa shape index (κ2) is 8.10. The van der Waals surface area contributed by atoms with E-state index in [-0.39, 0.29) is 17.7 Å². The molecule has 0 spiro atoms. The van der Waals surface area contributed by atoms with Gasteiger partial charge in [0.15, 0.2) is 5.76 Å². The normalized spacial score (nSPS) is 16.9. The lowest BCUT2D eigenvalue weighted by Gasteiger charge is -2.34. The zero-order valence-corrected chi connectivity index (χ0v) is 16.5. The zero-order chi connectivity index (χ0) is 20.4. The second-order valence-corrected chi connectivity index (χ2v) is 7.42. The number of aryl methyl sites for hydroxylation is 2. The van der Waals surface area contributed by atoms with Crippen molar-refractivity contribution in [3.05, 3.63) is 35.9 Å². The van der Waals surface area contributed by atoms with Gasteiger partial charge in [-0.1, -0.05) is 0 Å². The number of piperazine rings is 1. The minimum absolute atomic E-state index is 0.0595. The van der Waals surface area contributed by atoms with Crippen LogP contribution in [0.5, 0.6) is 0 Å². The smallest absolute Gasteiger partial charge is 0.289 e. The summed E-state index contributed by atoms with van der Waals surface area (Å²) in [6.45, 7) is 5.04. The summed E-state index contributed by atoms with van der Waals surface area (Å²) in [6, 6.07) is 5.25. The minimum atomic E-state index is -0.141. The Hall–Kier alpha value is -3.10. The number of carbonyl (C=O) groups is 3. The summed E-state index contributed by atoms with van der Waals surface area (Å²) in [4.78, 5) is 42.4. The number of amides is 3. The maximum absolute atomic E-state index is 12.6. The number of anilines is 1. The number of fused-ring (bicyclic) bond motifs is 1. The number of furan rings is 1. The molecule has 1 saturated heterocycles. The Kier molecular flexibility index (Phi) is 5.37. The maximum Gasteiger partial charge on any atom is 0.289 e. The lowest BCUT2D eigenvalue weighted by atomic mass is 10.2. The van der Waals surface area contributed by atoms with Gasteiger partial charge in [0, 0.05) is 51.6 Å². The molecule has 1 fully saturated rings. The number of aromatic nitrogens is 2. The van der Waals surface area contributed by atoms with Crippen molar-refractivity contribution in [1.29, 1.82) is 0 Å². The van der Waals surface area contributed by atoms with Gasteiger partial charge in [-0.25, -0.2) is 4.68 Å². The first-order chi connectivity index (χ1) is 14.0. The molecule has 0 unspecified atom stereocenters. The summed E-state index contributed by atoms with van der Waals surface area (Å²) in [7, 11) is 0. The van der Waals surface area contributed by atoms with Crippen molar-refractivity contribution in [2.24, 2.45) is 0 Å². The van der Waals surface area contributed by atoms with E-state index in [1.165, 1.54) is 6.26 Å². The van der Waals surface area contributed by atoms with E-state index in [0.29, 0.717) is 64.3 Å². The van der Waals surface area contributed by atoms with Crippen molar-refractivity contribution in [1.82, 2.24) is 19.6 Å². The van der Waals surface area contributed by atoms with E-state index >= 15 is 0 Å². The molecule has 0 aromatic carbocycles. The van der Waals surface area contributed by atoms with Crippen molar-refractivity contribution in [3.8, 4) is 0 Å². The lowest BCUT2D eigenvalue weighted by molar-refractivity contribution is -0.132. The number of hydrogen-bond acceptors (Lipinski definition) is 5. The summed E-state index contributed by atoms with van der Waals surface area (Å²) in [6.07, 6.45) is 2.89. The highest BCUT2D eigenvalue weighted by Crippen LogP contribution is 2.23. The lowest BCUT2D eigenvalue weighted by Crippen LogP contribution is -2.50. The molecule has 0 saturated carbocycles. The Morgan fingerprint density at radius 2 is 1.90 bits per heavy atom. The summed E-state index contributed by atoms with van der Waals surface area (Å²) < 4.78 is 7.01. The van der Waals surface area contributed by atoms with Crippen LogP contribution in [0.25, 0.3) is 0 Å². The molecule has 0 atom stereocenters. The van der Waals surface area contributed by atoms with Gasteiger partial charge in [0.25, 0.3) is 5.91 Å². The number of rotatable bonds is 5. The third kappa shape index (κ3) is 4.03. The van der Waals surface area contributed by atoms with Gasteiger partial charge in [-0.05, 0) is 25.5 Å². The average Bonchev–Trinajstić information content (AvgIpc) is 3.38. The molecular weight excluding hydrogens is 374 g/mol. The van der Waals surface area contributed by atoms with E-state index in [9.17, 15) is 14.4 Å². The Balaban J connectivity index is 1.25. The second-order valence-electron chi connectivity index (χ2n) is 7.42. The number of nitrogens with zero attached hydrogens (tertiary/aromatic N) is 5. The van der Waals surface area contributed by atoms with Crippen LogP contribution >= 0.6 is 0 Å². The van der Waals surface area contributed by atoms with Crippen molar-refractivity contribution in [2.75, 3.05) is 37.6 Å². The standard InChI is InChI=1S/C20H25N5O4/c1-15-14-17-24(19(27)6-8-25(17)21-15)7-2-5-18(26)22-9-11-23(12-10-22)20(28)16-4-3-13-29-16/h3-4,13-14H,2,5-12H2,1H3. The van der Waals surface area contributed by atoms with Crippen molar-refractivity contribution in [2.45, 2.75) is 32.7 Å². The van der Waals surface area contributed by atoms with E-state index in [2.05, 4.69) is 5.10 Å². The third-order valence-electron chi connectivity index (χ3n) is 5.42. The summed E-state index contributed by atoms with van der Waals surface area (Å²) >= 11 is 0. The van der Waals surface area contributed by atoms with Gasteiger partial charge in [-0.2, -0.15) is 5.10 Å². The summed E-state index contributed by atoms with van der Waals surface area (Å²) in [5, 5.41) is 4.40. The molecule has 9 nitrogen and oxygen atoms in total. The van der Waals surface area contributed by atoms with E-state index in [1.54, 1.807) is 26.8 Å². The number of carbonyl (C=O) groups excluding carboxylic acids is 3. The van der Waals surface area contributed by atoms with E-state index in [1.807, 2.05) is 17.7 Å². The van der Waals surface area contributed by atoms with Crippen molar-refractivity contribution >= 4 is 23.5 Å². The molecular formula is C20H25N5O4. The quantitative estimate of drug-likeness (QED) is 0.755. The van der Waals surface area contributed by atoms with Crippen LogP contribution in [0, 0.1) is 6.92 Å². The fraction of sp³-hybridized carbons (Fsp3) is 0.500. The molecule has 2 aromatic heterocycles. The van der Waals surface area contributed by atoms with Gasteiger partial charge in [0.2, 0.25) is 11.8 Å². The van der Waals surface area contributed by atoms with Gasteiger partial charge in [-0.15, -0.1) is 0 Å². The van der Waals surface area contributed by atoms with Gasteiger partial charge >= 0.3 is 0 Å². The molecule has 0 radical (unpaired) electrons. The Morgan fingerprint density at radius 3 is 2.62 bits per heavy atom. The molecule has 2 aliphatic heterocycles. The first-order valence-electron chi connectivity index (χ1n) is 9.98. The highest BCUT2D eigenvalue weighted by atomic mass is 16.3. The average molecular weight is 399 g/mol. The SMILES string of the molecule is Cc1cc2n(n1)CCC(=O)N2CCCC(=O)N1CCN(C(=O)c2ccco2)CC1. The largest absolute Gasteiger partial charge is 0.459 e. The highest BCUT2D eigenvalue weighted by Gasteiger charge is 2.27. The molecule has 9 heteroatoms. The number of hydrogen-bond donors (Lipinski definition) is 0. The Morgan fingerprint density at radius 1 is 1.14 bits per heavy atom. The molecule has 4 rings (SSSR count). The molecule has 0 aliphatic carbocycles. The fourth-order valence-electron chi connectivity index (χ4n) is 3.88. The predicted molar refractivity (Wildman–Crippen MR) is 104 cm³/mol. The van der Waals surface area contributed by atoms with Gasteiger partial charge in [0.05, 0.1) is 18.5 Å². The monoisotopic (exact) mass is 399 g/mol. The van der Waals surface area contributed by atoms with Gasteiger partial charge in [0.1, 0.15) is 5.82 Å². The molecule has 0 bridgehead atoms. The first kappa shape index (κ1) is 19.2. The fourth-order valence-corrected chi connectivity index (χ4v) is 3.88. The molecule has 3 amide bonds. The van der Waals surface area contributed by atoms with Crippen LogP contribution in [0.15, 0.2) is 28.9 Å². The van der Waals surface area contributed by atoms with Crippen molar-refractivity contribution < 1.29 is 18.8 Å². The van der Waals surface area contributed by atoms with Crippen LogP contribution in [0.1, 0.15) is 35.5 Å². The van der Waals surface area contributed by atoms with Crippen LogP contribution in [-0.4, -0.2) is 70.0 Å². The Bertz CT molecular complexity index is 896. The van der Waals surface area contributed by atoms with Crippen LogP contribution < -0.4 is 4.90 Å². The zero-order valence-electron chi connectivity index (χ0n) is 16.5. The molecule has 2 aromatic rings. The highest BCUT2D eigenvalue weighted by molar-refractivity contribution is 5.94. The van der Waals surface area contributed by atoms with Crippen LogP contribution in [0.3, 0.4) is 0 Å². The molecule has 4 heterocycles. The van der Waals surface area contributed by atoms with Crippen LogP contribution in [0.4, 0.5) is 5.82 Å². The minimum Gasteiger partial charge on any atom is -0.459 e. The first-order valence-corrected chi connectivity index (χ1v) is 9.98. The van der Waals surface area contributed by atoms with E-state index < -0.39 is 0 Å². The molecule has 0 N–H and O–H groups in total.